The van der Waals surface area contributed by atoms with Gasteiger partial charge in [0, 0.05) is 44.0 Å². The van der Waals surface area contributed by atoms with Crippen molar-refractivity contribution in [2.24, 2.45) is 5.92 Å². The number of nitrogens with zero attached hydrogens (tertiary/aromatic N) is 6. The van der Waals surface area contributed by atoms with Gasteiger partial charge in [-0.3, -0.25) is 4.90 Å². The summed E-state index contributed by atoms with van der Waals surface area (Å²) in [5.74, 6) is 2.45. The highest BCUT2D eigenvalue weighted by Crippen LogP contribution is 2.30. The fourth-order valence-corrected chi connectivity index (χ4v) is 5.35. The minimum atomic E-state index is 0.495. The predicted octanol–water partition coefficient (Wildman–Crippen LogP) is 5.10. The number of thiophene rings is 1. The van der Waals surface area contributed by atoms with Crippen LogP contribution >= 0.6 is 11.3 Å². The van der Waals surface area contributed by atoms with Crippen LogP contribution in [-0.4, -0.2) is 50.8 Å². The summed E-state index contributed by atoms with van der Waals surface area (Å²) in [4.78, 5) is 16.6. The van der Waals surface area contributed by atoms with Crippen LogP contribution in [0.1, 0.15) is 36.7 Å². The predicted molar refractivity (Wildman–Crippen MR) is 136 cm³/mol. The monoisotopic (exact) mass is 460 g/mol. The Morgan fingerprint density at radius 1 is 0.970 bits per heavy atom. The molecule has 1 fully saturated rings. The largest absolute Gasteiger partial charge is 0.355 e. The third-order valence-corrected chi connectivity index (χ3v) is 7.03. The lowest BCUT2D eigenvalue weighted by Gasteiger charge is -2.24. The minimum absolute atomic E-state index is 0.495. The van der Waals surface area contributed by atoms with Gasteiger partial charge in [0.25, 0.3) is 0 Å². The van der Waals surface area contributed by atoms with E-state index in [2.05, 4.69) is 60.2 Å². The van der Waals surface area contributed by atoms with Crippen LogP contribution in [-0.2, 0) is 13.0 Å². The molecule has 6 nitrogen and oxygen atoms in total. The number of aromatic nitrogens is 4. The van der Waals surface area contributed by atoms with Gasteiger partial charge in [-0.2, -0.15) is 5.10 Å². The molecule has 7 heteroatoms. The Balaban J connectivity index is 1.52. The molecule has 0 atom stereocenters. The first-order valence-corrected chi connectivity index (χ1v) is 12.8. The maximum atomic E-state index is 5.12. The Labute approximate surface area is 199 Å². The molecule has 5 rings (SSSR count). The zero-order chi connectivity index (χ0) is 22.8. The van der Waals surface area contributed by atoms with Crippen LogP contribution in [0.4, 0.5) is 5.82 Å². The Bertz CT molecular complexity index is 1200. The van der Waals surface area contributed by atoms with E-state index in [0.29, 0.717) is 5.92 Å². The molecule has 0 unspecified atom stereocenters. The van der Waals surface area contributed by atoms with E-state index in [9.17, 15) is 0 Å². The maximum absolute atomic E-state index is 5.12. The van der Waals surface area contributed by atoms with Gasteiger partial charge in [-0.15, -0.1) is 11.3 Å². The second-order valence-electron chi connectivity index (χ2n) is 9.29. The minimum Gasteiger partial charge on any atom is -0.355 e. The molecular formula is C26H32N6S. The van der Waals surface area contributed by atoms with Crippen molar-refractivity contribution in [3.63, 3.8) is 0 Å². The van der Waals surface area contributed by atoms with E-state index in [-0.39, 0.29) is 0 Å². The van der Waals surface area contributed by atoms with Crippen molar-refractivity contribution in [3.8, 4) is 5.69 Å². The third-order valence-electron chi connectivity index (χ3n) is 6.17. The van der Waals surface area contributed by atoms with Gasteiger partial charge in [-0.1, -0.05) is 38.1 Å². The highest BCUT2D eigenvalue weighted by atomic mass is 32.1. The molecule has 4 aromatic rings. The molecule has 4 heterocycles. The lowest BCUT2D eigenvalue weighted by molar-refractivity contribution is 0.288. The number of anilines is 1. The lowest BCUT2D eigenvalue weighted by Crippen LogP contribution is -2.31. The van der Waals surface area contributed by atoms with Crippen LogP contribution < -0.4 is 4.90 Å². The quantitative estimate of drug-likeness (QED) is 0.401. The highest BCUT2D eigenvalue weighted by Gasteiger charge is 2.24. The average molecular weight is 461 g/mol. The molecule has 1 aliphatic rings. The van der Waals surface area contributed by atoms with Crippen molar-refractivity contribution in [2.75, 3.05) is 31.1 Å². The lowest BCUT2D eigenvalue weighted by atomic mass is 10.1. The van der Waals surface area contributed by atoms with E-state index in [1.807, 2.05) is 34.2 Å². The molecule has 0 amide bonds. The molecule has 172 valence electrons. The molecule has 0 radical (unpaired) electrons. The Kier molecular flexibility index (Phi) is 6.42. The van der Waals surface area contributed by atoms with Gasteiger partial charge in [0.15, 0.2) is 5.65 Å². The van der Waals surface area contributed by atoms with Crippen molar-refractivity contribution in [3.05, 3.63) is 64.2 Å². The first kappa shape index (κ1) is 22.0. The number of hydrogen-bond donors (Lipinski definition) is 0. The van der Waals surface area contributed by atoms with E-state index in [4.69, 9.17) is 15.1 Å². The molecule has 33 heavy (non-hydrogen) atoms. The van der Waals surface area contributed by atoms with E-state index in [1.165, 1.54) is 4.88 Å². The van der Waals surface area contributed by atoms with Gasteiger partial charge in [0.05, 0.1) is 16.8 Å². The molecule has 0 saturated carbocycles. The summed E-state index contributed by atoms with van der Waals surface area (Å²) < 4.78 is 1.99. The van der Waals surface area contributed by atoms with Gasteiger partial charge < -0.3 is 4.90 Å². The van der Waals surface area contributed by atoms with Crippen LogP contribution in [0.15, 0.2) is 47.8 Å². The molecule has 0 aliphatic carbocycles. The number of hydrogen-bond acceptors (Lipinski definition) is 6. The number of benzene rings is 1. The molecule has 1 saturated heterocycles. The van der Waals surface area contributed by atoms with Gasteiger partial charge >= 0.3 is 0 Å². The van der Waals surface area contributed by atoms with Crippen molar-refractivity contribution >= 4 is 28.2 Å². The van der Waals surface area contributed by atoms with Gasteiger partial charge in [-0.25, -0.2) is 14.6 Å². The second kappa shape index (κ2) is 9.61. The zero-order valence-electron chi connectivity index (χ0n) is 19.7. The summed E-state index contributed by atoms with van der Waals surface area (Å²) in [6.45, 7) is 11.7. The summed E-state index contributed by atoms with van der Waals surface area (Å²) in [6.07, 6.45) is 1.99. The summed E-state index contributed by atoms with van der Waals surface area (Å²) >= 11 is 1.85. The smallest absolute Gasteiger partial charge is 0.168 e. The fraction of sp³-hybridized carbons (Fsp3) is 0.423. The summed E-state index contributed by atoms with van der Waals surface area (Å²) in [6, 6.07) is 14.7. The Hall–Kier alpha value is -2.77. The highest BCUT2D eigenvalue weighted by molar-refractivity contribution is 7.09. The second-order valence-corrected chi connectivity index (χ2v) is 10.3. The molecule has 1 aliphatic heterocycles. The van der Waals surface area contributed by atoms with E-state index in [1.54, 1.807) is 0 Å². The summed E-state index contributed by atoms with van der Waals surface area (Å²) in [5.41, 5.74) is 2.94. The molecule has 1 aromatic carbocycles. The standard InChI is InChI=1S/C26H32N6S/c1-19(2)17-23-27-25(31-13-8-12-30(14-15-31)18-22-11-7-16-33-22)24-20(3)29-32(26(24)28-23)21-9-5-4-6-10-21/h4-7,9-11,16,19H,8,12-15,17-18H2,1-3H3. The third kappa shape index (κ3) is 4.80. The number of aryl methyl sites for hydroxylation is 1. The topological polar surface area (TPSA) is 50.1 Å². The van der Waals surface area contributed by atoms with Crippen LogP contribution in [0.2, 0.25) is 0 Å². The van der Waals surface area contributed by atoms with Gasteiger partial charge in [0.2, 0.25) is 0 Å². The maximum Gasteiger partial charge on any atom is 0.168 e. The van der Waals surface area contributed by atoms with Crippen LogP contribution in [0.25, 0.3) is 16.7 Å². The first-order valence-electron chi connectivity index (χ1n) is 11.9. The summed E-state index contributed by atoms with van der Waals surface area (Å²) in [5, 5.41) is 8.15. The zero-order valence-corrected chi connectivity index (χ0v) is 20.6. The molecular weight excluding hydrogens is 428 g/mol. The van der Waals surface area contributed by atoms with Crippen LogP contribution in [0.3, 0.4) is 0 Å². The van der Waals surface area contributed by atoms with E-state index >= 15 is 0 Å². The normalized spacial score (nSPS) is 15.5. The fourth-order valence-electron chi connectivity index (χ4n) is 4.60. The summed E-state index contributed by atoms with van der Waals surface area (Å²) in [7, 11) is 0. The number of para-hydroxylation sites is 1. The van der Waals surface area contributed by atoms with E-state index in [0.717, 1.165) is 79.6 Å². The van der Waals surface area contributed by atoms with E-state index < -0.39 is 0 Å². The van der Waals surface area contributed by atoms with Crippen molar-refractivity contribution in [1.29, 1.82) is 0 Å². The van der Waals surface area contributed by atoms with Crippen LogP contribution in [0, 0.1) is 12.8 Å². The Morgan fingerprint density at radius 3 is 2.58 bits per heavy atom. The average Bonchev–Trinajstić information content (AvgIpc) is 3.36. The molecule has 0 spiro atoms. The number of fused-ring (bicyclic) bond motifs is 1. The first-order chi connectivity index (χ1) is 16.1. The SMILES string of the molecule is Cc1nn(-c2ccccc2)c2nc(CC(C)C)nc(N3CCCN(Cc4cccs4)CC3)c12. The van der Waals surface area contributed by atoms with Crippen molar-refractivity contribution < 1.29 is 0 Å². The van der Waals surface area contributed by atoms with Gasteiger partial charge in [0.1, 0.15) is 11.6 Å². The Morgan fingerprint density at radius 2 is 1.82 bits per heavy atom. The van der Waals surface area contributed by atoms with Crippen LogP contribution in [0.5, 0.6) is 0 Å². The molecule has 0 N–H and O–H groups in total. The van der Waals surface area contributed by atoms with Gasteiger partial charge in [-0.05, 0) is 42.8 Å². The van der Waals surface area contributed by atoms with Crippen molar-refractivity contribution in [1.82, 2.24) is 24.6 Å². The molecule has 0 bridgehead atoms. The number of rotatable bonds is 6. The van der Waals surface area contributed by atoms with Crippen molar-refractivity contribution in [2.45, 2.75) is 40.2 Å². The molecule has 3 aromatic heterocycles.